The summed E-state index contributed by atoms with van der Waals surface area (Å²) < 4.78 is 18.7. The molecule has 1 nitrogen and oxygen atoms in total. The average molecular weight is 306 g/mol. The van der Waals surface area contributed by atoms with Gasteiger partial charge in [0, 0.05) is 11.5 Å². The van der Waals surface area contributed by atoms with Gasteiger partial charge in [-0.15, -0.1) is 0 Å². The predicted octanol–water partition coefficient (Wildman–Crippen LogP) is 3.52. The Morgan fingerprint density at radius 3 is 3.00 bits per heavy atom. The highest BCUT2D eigenvalue weighted by molar-refractivity contribution is 14.1. The molecule has 3 heteroatoms. The van der Waals surface area contributed by atoms with E-state index in [4.69, 9.17) is 4.74 Å². The topological polar surface area (TPSA) is 9.23 Å². The molecule has 0 bridgehead atoms. The van der Waals surface area contributed by atoms with Gasteiger partial charge in [-0.05, 0) is 25.1 Å². The Labute approximate surface area is 96.8 Å². The molecule has 0 amide bonds. The fraction of sp³-hybridized carbons (Fsp3) is 0.455. The SMILES string of the molecule is CC1c2cc(F)ccc2OCC1(C)I. The second-order valence-corrected chi connectivity index (χ2v) is 6.43. The summed E-state index contributed by atoms with van der Waals surface area (Å²) in [4.78, 5) is 0. The summed E-state index contributed by atoms with van der Waals surface area (Å²) in [6, 6.07) is 4.74. The standard InChI is InChI=1S/C11H12FIO/c1-7-9-5-8(12)3-4-10(9)14-6-11(7,2)13/h3-5,7H,6H2,1-2H3. The molecule has 1 heterocycles. The molecule has 0 radical (unpaired) electrons. The van der Waals surface area contributed by atoms with E-state index >= 15 is 0 Å². The normalized spacial score (nSPS) is 30.7. The zero-order valence-corrected chi connectivity index (χ0v) is 10.3. The molecule has 1 aromatic rings. The van der Waals surface area contributed by atoms with Crippen molar-refractivity contribution in [2.24, 2.45) is 0 Å². The van der Waals surface area contributed by atoms with Crippen molar-refractivity contribution < 1.29 is 9.13 Å². The molecule has 2 rings (SSSR count). The lowest BCUT2D eigenvalue weighted by Gasteiger charge is -2.36. The second-order valence-electron chi connectivity index (χ2n) is 3.97. The molecule has 0 fully saturated rings. The Balaban J connectivity index is 2.48. The summed E-state index contributed by atoms with van der Waals surface area (Å²) in [6.45, 7) is 4.94. The van der Waals surface area contributed by atoms with E-state index in [-0.39, 0.29) is 9.24 Å². The van der Waals surface area contributed by atoms with Crippen LogP contribution in [0.5, 0.6) is 5.75 Å². The lowest BCUT2D eigenvalue weighted by atomic mass is 9.87. The summed E-state index contributed by atoms with van der Waals surface area (Å²) in [7, 11) is 0. The molecule has 0 aromatic heterocycles. The van der Waals surface area contributed by atoms with Crippen LogP contribution in [0.3, 0.4) is 0 Å². The van der Waals surface area contributed by atoms with E-state index in [1.54, 1.807) is 12.1 Å². The molecule has 76 valence electrons. The zero-order chi connectivity index (χ0) is 10.3. The van der Waals surface area contributed by atoms with Crippen molar-refractivity contribution in [3.05, 3.63) is 29.6 Å². The minimum Gasteiger partial charge on any atom is -0.492 e. The summed E-state index contributed by atoms with van der Waals surface area (Å²) in [6.07, 6.45) is 0. The summed E-state index contributed by atoms with van der Waals surface area (Å²) in [5.41, 5.74) is 0.980. The van der Waals surface area contributed by atoms with Crippen molar-refractivity contribution in [1.82, 2.24) is 0 Å². The number of alkyl halides is 1. The van der Waals surface area contributed by atoms with Crippen molar-refractivity contribution in [2.75, 3.05) is 6.61 Å². The largest absolute Gasteiger partial charge is 0.492 e. The van der Waals surface area contributed by atoms with E-state index in [9.17, 15) is 4.39 Å². The maximum atomic E-state index is 13.1. The highest BCUT2D eigenvalue weighted by atomic mass is 127. The molecule has 2 atom stereocenters. The first-order valence-corrected chi connectivity index (χ1v) is 5.70. The Kier molecular flexibility index (Phi) is 2.45. The third kappa shape index (κ3) is 1.62. The quantitative estimate of drug-likeness (QED) is 0.526. The molecule has 0 saturated carbocycles. The van der Waals surface area contributed by atoms with Gasteiger partial charge in [0.05, 0.1) is 3.42 Å². The van der Waals surface area contributed by atoms with E-state index < -0.39 is 0 Å². The molecular weight excluding hydrogens is 294 g/mol. The van der Waals surface area contributed by atoms with Crippen LogP contribution in [-0.2, 0) is 0 Å². The lowest BCUT2D eigenvalue weighted by Crippen LogP contribution is -2.35. The highest BCUT2D eigenvalue weighted by Crippen LogP contribution is 2.44. The number of hydrogen-bond donors (Lipinski definition) is 0. The predicted molar refractivity (Wildman–Crippen MR) is 62.7 cm³/mol. The van der Waals surface area contributed by atoms with Gasteiger partial charge in [0.2, 0.25) is 0 Å². The van der Waals surface area contributed by atoms with Crippen LogP contribution < -0.4 is 4.74 Å². The van der Waals surface area contributed by atoms with E-state index in [0.717, 1.165) is 11.3 Å². The molecule has 0 aliphatic carbocycles. The van der Waals surface area contributed by atoms with E-state index in [2.05, 4.69) is 36.4 Å². The van der Waals surface area contributed by atoms with Gasteiger partial charge in [-0.25, -0.2) is 4.39 Å². The smallest absolute Gasteiger partial charge is 0.123 e. The molecule has 2 unspecified atom stereocenters. The molecular formula is C11H12FIO. The first-order valence-electron chi connectivity index (χ1n) is 4.62. The van der Waals surface area contributed by atoms with E-state index in [1.165, 1.54) is 6.07 Å². The third-order valence-electron chi connectivity index (χ3n) is 2.85. The molecule has 14 heavy (non-hydrogen) atoms. The number of hydrogen-bond acceptors (Lipinski definition) is 1. The van der Waals surface area contributed by atoms with Gasteiger partial charge in [0.15, 0.2) is 0 Å². The van der Waals surface area contributed by atoms with E-state index in [1.807, 2.05) is 0 Å². The molecule has 1 aliphatic heterocycles. The molecule has 0 spiro atoms. The third-order valence-corrected chi connectivity index (χ3v) is 4.10. The number of rotatable bonds is 0. The lowest BCUT2D eigenvalue weighted by molar-refractivity contribution is 0.241. The number of fused-ring (bicyclic) bond motifs is 1. The van der Waals surface area contributed by atoms with Gasteiger partial charge in [-0.3, -0.25) is 0 Å². The first-order chi connectivity index (χ1) is 6.50. The minimum absolute atomic E-state index is 0.0541. The van der Waals surface area contributed by atoms with Gasteiger partial charge >= 0.3 is 0 Å². The van der Waals surface area contributed by atoms with Crippen LogP contribution in [0.2, 0.25) is 0 Å². The minimum atomic E-state index is -0.187. The monoisotopic (exact) mass is 306 g/mol. The maximum Gasteiger partial charge on any atom is 0.123 e. The highest BCUT2D eigenvalue weighted by Gasteiger charge is 2.36. The van der Waals surface area contributed by atoms with Crippen LogP contribution in [0.25, 0.3) is 0 Å². The summed E-state index contributed by atoms with van der Waals surface area (Å²) in [5.74, 6) is 0.962. The number of benzene rings is 1. The van der Waals surface area contributed by atoms with Gasteiger partial charge in [0.1, 0.15) is 18.2 Å². The maximum absolute atomic E-state index is 13.1. The Bertz CT molecular complexity index is 362. The van der Waals surface area contributed by atoms with Crippen molar-refractivity contribution in [3.63, 3.8) is 0 Å². The number of halogens is 2. The average Bonchev–Trinajstić information content (AvgIpc) is 2.13. The molecule has 0 N–H and O–H groups in total. The number of ether oxygens (including phenoxy) is 1. The summed E-state index contributed by atoms with van der Waals surface area (Å²) >= 11 is 2.38. The molecule has 1 aromatic carbocycles. The fourth-order valence-corrected chi connectivity index (χ4v) is 2.15. The van der Waals surface area contributed by atoms with Crippen LogP contribution in [-0.4, -0.2) is 10.0 Å². The van der Waals surface area contributed by atoms with Crippen LogP contribution >= 0.6 is 22.6 Å². The molecule has 1 aliphatic rings. The van der Waals surface area contributed by atoms with Crippen LogP contribution in [0.1, 0.15) is 25.3 Å². The van der Waals surface area contributed by atoms with Crippen molar-refractivity contribution in [1.29, 1.82) is 0 Å². The van der Waals surface area contributed by atoms with Gasteiger partial charge in [-0.1, -0.05) is 29.5 Å². The van der Waals surface area contributed by atoms with Crippen molar-refractivity contribution >= 4 is 22.6 Å². The van der Waals surface area contributed by atoms with Crippen molar-refractivity contribution in [3.8, 4) is 5.75 Å². The van der Waals surface area contributed by atoms with E-state index in [0.29, 0.717) is 12.5 Å². The Hall–Kier alpha value is -0.320. The van der Waals surface area contributed by atoms with Crippen LogP contribution in [0.15, 0.2) is 18.2 Å². The Morgan fingerprint density at radius 2 is 2.29 bits per heavy atom. The summed E-state index contributed by atoms with van der Waals surface area (Å²) in [5, 5.41) is 0. The van der Waals surface area contributed by atoms with Gasteiger partial charge in [-0.2, -0.15) is 0 Å². The van der Waals surface area contributed by atoms with Gasteiger partial charge in [0.25, 0.3) is 0 Å². The molecule has 0 saturated heterocycles. The first kappa shape index (κ1) is 10.2. The van der Waals surface area contributed by atoms with Crippen LogP contribution in [0.4, 0.5) is 4.39 Å². The fourth-order valence-electron chi connectivity index (χ4n) is 1.66. The Morgan fingerprint density at radius 1 is 1.57 bits per heavy atom. The van der Waals surface area contributed by atoms with Crippen LogP contribution in [0, 0.1) is 5.82 Å². The second kappa shape index (κ2) is 3.36. The zero-order valence-electron chi connectivity index (χ0n) is 8.18. The van der Waals surface area contributed by atoms with Gasteiger partial charge < -0.3 is 4.74 Å². The van der Waals surface area contributed by atoms with Crippen molar-refractivity contribution in [2.45, 2.75) is 23.2 Å².